The van der Waals surface area contributed by atoms with Crippen LogP contribution in [0.1, 0.15) is 19.7 Å². The molecule has 0 bridgehead atoms. The zero-order valence-electron chi connectivity index (χ0n) is 10.6. The molecule has 0 saturated heterocycles. The molecule has 1 aromatic carbocycles. The Morgan fingerprint density at radius 2 is 2.11 bits per heavy atom. The van der Waals surface area contributed by atoms with E-state index in [-0.39, 0.29) is 5.56 Å². The van der Waals surface area contributed by atoms with Gasteiger partial charge in [-0.3, -0.25) is 9.36 Å². The molecule has 0 spiro atoms. The first-order valence-corrected chi connectivity index (χ1v) is 6.14. The zero-order valence-corrected chi connectivity index (χ0v) is 10.6. The summed E-state index contributed by atoms with van der Waals surface area (Å²) in [4.78, 5) is 19.2. The van der Waals surface area contributed by atoms with Crippen LogP contribution in [0.5, 0.6) is 0 Å². The van der Waals surface area contributed by atoms with Crippen molar-refractivity contribution in [1.29, 1.82) is 0 Å². The van der Waals surface area contributed by atoms with E-state index < -0.39 is 0 Å². The Balaban J connectivity index is 2.31. The number of allylic oxidation sites excluding steroid dienone is 1. The Bertz CT molecular complexity index is 700. The third-order valence-corrected chi connectivity index (χ3v) is 3.41. The summed E-state index contributed by atoms with van der Waals surface area (Å²) in [7, 11) is 0. The molecule has 0 atom stereocenters. The van der Waals surface area contributed by atoms with E-state index in [1.54, 1.807) is 4.57 Å². The molecule has 92 valence electrons. The monoisotopic (exact) mass is 241 g/mol. The Kier molecular flexibility index (Phi) is 2.44. The fourth-order valence-electron chi connectivity index (χ4n) is 2.36. The van der Waals surface area contributed by atoms with Crippen molar-refractivity contribution in [3.05, 3.63) is 46.1 Å². The topological polar surface area (TPSA) is 38.1 Å². The van der Waals surface area contributed by atoms with Crippen LogP contribution in [0.2, 0.25) is 0 Å². The lowest BCUT2D eigenvalue weighted by Crippen LogP contribution is -2.33. The molecule has 4 heteroatoms. The average molecular weight is 241 g/mol. The minimum atomic E-state index is 0.0192. The highest BCUT2D eigenvalue weighted by Gasteiger charge is 2.17. The number of hydrogen-bond donors (Lipinski definition) is 0. The quantitative estimate of drug-likeness (QED) is 0.767. The molecule has 2 aromatic rings. The van der Waals surface area contributed by atoms with Gasteiger partial charge in [0.05, 0.1) is 17.4 Å². The Hall–Kier alpha value is -2.10. The molecule has 0 fully saturated rings. The largest absolute Gasteiger partial charge is 0.367 e. The molecule has 0 N–H and O–H groups in total. The van der Waals surface area contributed by atoms with Crippen LogP contribution in [0.15, 0.2) is 34.8 Å². The lowest BCUT2D eigenvalue weighted by molar-refractivity contribution is 0.334. The van der Waals surface area contributed by atoms with Crippen molar-refractivity contribution in [2.75, 3.05) is 6.54 Å². The highest BCUT2D eigenvalue weighted by molar-refractivity contribution is 5.77. The SMILES string of the molecule is CCN1Cc2nc3ccccc3c(=O)n2C=C1C. The third-order valence-electron chi connectivity index (χ3n) is 3.41. The molecule has 1 aliphatic rings. The van der Waals surface area contributed by atoms with Gasteiger partial charge in [-0.15, -0.1) is 0 Å². The van der Waals surface area contributed by atoms with Crippen molar-refractivity contribution in [2.45, 2.75) is 20.4 Å². The van der Waals surface area contributed by atoms with Crippen molar-refractivity contribution in [1.82, 2.24) is 14.5 Å². The van der Waals surface area contributed by atoms with Gasteiger partial charge in [-0.25, -0.2) is 4.98 Å². The van der Waals surface area contributed by atoms with Crippen LogP contribution in [0.4, 0.5) is 0 Å². The van der Waals surface area contributed by atoms with E-state index >= 15 is 0 Å². The summed E-state index contributed by atoms with van der Waals surface area (Å²) in [6.07, 6.45) is 1.88. The molecule has 0 radical (unpaired) electrons. The summed E-state index contributed by atoms with van der Waals surface area (Å²) in [5, 5.41) is 0.676. The van der Waals surface area contributed by atoms with Gasteiger partial charge in [0.2, 0.25) is 0 Å². The molecule has 0 unspecified atom stereocenters. The second-order valence-electron chi connectivity index (χ2n) is 4.50. The Morgan fingerprint density at radius 3 is 2.89 bits per heavy atom. The van der Waals surface area contributed by atoms with Crippen molar-refractivity contribution < 1.29 is 0 Å². The van der Waals surface area contributed by atoms with Crippen molar-refractivity contribution in [3.8, 4) is 0 Å². The van der Waals surface area contributed by atoms with Crippen molar-refractivity contribution >= 4 is 17.1 Å². The van der Waals surface area contributed by atoms with Crippen LogP contribution in [-0.2, 0) is 6.54 Å². The minimum Gasteiger partial charge on any atom is -0.367 e. The van der Waals surface area contributed by atoms with Crippen LogP contribution < -0.4 is 5.56 Å². The van der Waals surface area contributed by atoms with Crippen LogP contribution in [-0.4, -0.2) is 21.0 Å². The van der Waals surface area contributed by atoms with Gasteiger partial charge in [0.1, 0.15) is 5.82 Å². The highest BCUT2D eigenvalue weighted by Crippen LogP contribution is 2.17. The predicted molar refractivity (Wildman–Crippen MR) is 72.0 cm³/mol. The molecule has 0 aliphatic carbocycles. The molecule has 4 nitrogen and oxygen atoms in total. The van der Waals surface area contributed by atoms with E-state index in [9.17, 15) is 4.79 Å². The summed E-state index contributed by atoms with van der Waals surface area (Å²) in [6, 6.07) is 7.50. The van der Waals surface area contributed by atoms with E-state index in [0.29, 0.717) is 11.9 Å². The number of nitrogens with zero attached hydrogens (tertiary/aromatic N) is 3. The molecule has 0 amide bonds. The molecule has 0 saturated carbocycles. The van der Waals surface area contributed by atoms with E-state index in [2.05, 4.69) is 16.8 Å². The summed E-state index contributed by atoms with van der Waals surface area (Å²) in [5.74, 6) is 0.811. The molecular formula is C14H15N3O. The molecule has 18 heavy (non-hydrogen) atoms. The Morgan fingerprint density at radius 1 is 1.33 bits per heavy atom. The zero-order chi connectivity index (χ0) is 12.7. The molecule has 2 heterocycles. The van der Waals surface area contributed by atoms with Gasteiger partial charge in [-0.2, -0.15) is 0 Å². The summed E-state index contributed by atoms with van der Waals surface area (Å²) in [6.45, 7) is 5.74. The molecule has 1 aromatic heterocycles. The van der Waals surface area contributed by atoms with Crippen LogP contribution in [0.25, 0.3) is 17.1 Å². The molecular weight excluding hydrogens is 226 g/mol. The standard InChI is InChI=1S/C14H15N3O/c1-3-16-9-13-15-12-7-5-4-6-11(12)14(18)17(13)8-10(16)2/h4-8H,3,9H2,1-2H3. The first kappa shape index (κ1) is 11.0. The van der Waals surface area contributed by atoms with Gasteiger partial charge >= 0.3 is 0 Å². The second-order valence-corrected chi connectivity index (χ2v) is 4.50. The lowest BCUT2D eigenvalue weighted by atomic mass is 10.2. The second kappa shape index (κ2) is 3.98. The minimum absolute atomic E-state index is 0.0192. The summed E-state index contributed by atoms with van der Waals surface area (Å²) in [5.41, 5.74) is 1.90. The van der Waals surface area contributed by atoms with E-state index in [1.807, 2.05) is 37.4 Å². The van der Waals surface area contributed by atoms with Gasteiger partial charge in [0.15, 0.2) is 0 Å². The molecule has 3 rings (SSSR count). The van der Waals surface area contributed by atoms with Gasteiger partial charge in [0.25, 0.3) is 5.56 Å². The van der Waals surface area contributed by atoms with Crippen LogP contribution in [0, 0.1) is 0 Å². The molecule has 1 aliphatic heterocycles. The maximum absolute atomic E-state index is 12.4. The number of fused-ring (bicyclic) bond motifs is 2. The maximum Gasteiger partial charge on any atom is 0.265 e. The van der Waals surface area contributed by atoms with E-state index in [0.717, 1.165) is 23.6 Å². The summed E-state index contributed by atoms with van der Waals surface area (Å²) < 4.78 is 1.67. The predicted octanol–water partition coefficient (Wildman–Crippen LogP) is 2.05. The van der Waals surface area contributed by atoms with Crippen molar-refractivity contribution in [3.63, 3.8) is 0 Å². The van der Waals surface area contributed by atoms with Crippen LogP contribution >= 0.6 is 0 Å². The van der Waals surface area contributed by atoms with Crippen LogP contribution in [0.3, 0.4) is 0 Å². The summed E-state index contributed by atoms with van der Waals surface area (Å²) >= 11 is 0. The van der Waals surface area contributed by atoms with Gasteiger partial charge < -0.3 is 4.90 Å². The fourth-order valence-corrected chi connectivity index (χ4v) is 2.36. The van der Waals surface area contributed by atoms with Crippen molar-refractivity contribution in [2.24, 2.45) is 0 Å². The smallest absolute Gasteiger partial charge is 0.265 e. The number of para-hydroxylation sites is 1. The number of benzene rings is 1. The van der Waals surface area contributed by atoms with Gasteiger partial charge in [0, 0.05) is 18.4 Å². The van der Waals surface area contributed by atoms with E-state index in [1.165, 1.54) is 0 Å². The number of rotatable bonds is 1. The highest BCUT2D eigenvalue weighted by atomic mass is 16.1. The fraction of sp³-hybridized carbons (Fsp3) is 0.286. The maximum atomic E-state index is 12.4. The first-order valence-electron chi connectivity index (χ1n) is 6.14. The van der Waals surface area contributed by atoms with Gasteiger partial charge in [-0.1, -0.05) is 12.1 Å². The van der Waals surface area contributed by atoms with Gasteiger partial charge in [-0.05, 0) is 26.0 Å². The normalized spacial score (nSPS) is 14.6. The van der Waals surface area contributed by atoms with E-state index in [4.69, 9.17) is 0 Å². The number of hydrogen-bond acceptors (Lipinski definition) is 3. The Labute approximate surface area is 105 Å². The first-order chi connectivity index (χ1) is 8.70. The average Bonchev–Trinajstić information content (AvgIpc) is 2.39. The number of aromatic nitrogens is 2. The lowest BCUT2D eigenvalue weighted by Gasteiger charge is -2.28. The third kappa shape index (κ3) is 1.53.